The number of aromatic nitrogens is 2. The Morgan fingerprint density at radius 3 is 2.81 bits per heavy atom. The summed E-state index contributed by atoms with van der Waals surface area (Å²) in [4.78, 5) is 19.9. The topological polar surface area (TPSA) is 67.1 Å². The minimum atomic E-state index is -0.345. The maximum absolute atomic E-state index is 13.0. The summed E-state index contributed by atoms with van der Waals surface area (Å²) < 4.78 is 7.31. The number of benzene rings is 1. The van der Waals surface area contributed by atoms with Crippen molar-refractivity contribution in [3.05, 3.63) is 64.7 Å². The van der Waals surface area contributed by atoms with E-state index in [-0.39, 0.29) is 22.1 Å². The maximum atomic E-state index is 13.0. The third-order valence-corrected chi connectivity index (χ3v) is 4.84. The molecular weight excluding hydrogens is 354 g/mol. The zero-order valence-corrected chi connectivity index (χ0v) is 14.8. The van der Waals surface area contributed by atoms with Gasteiger partial charge in [0.2, 0.25) is 5.78 Å². The van der Waals surface area contributed by atoms with E-state index >= 15 is 0 Å². The molecule has 1 saturated heterocycles. The highest BCUT2D eigenvalue weighted by molar-refractivity contribution is 6.33. The lowest BCUT2D eigenvalue weighted by atomic mass is 10.1. The van der Waals surface area contributed by atoms with Crippen molar-refractivity contribution < 1.29 is 14.6 Å². The average molecular weight is 372 g/mol. The summed E-state index contributed by atoms with van der Waals surface area (Å²) in [5.41, 5.74) is 1.17. The van der Waals surface area contributed by atoms with E-state index in [1.54, 1.807) is 18.2 Å². The average Bonchev–Trinajstić information content (AvgIpc) is 3.03. The van der Waals surface area contributed by atoms with Gasteiger partial charge in [-0.1, -0.05) is 23.7 Å². The zero-order chi connectivity index (χ0) is 18.1. The number of carbonyl (C=O) groups excluding carboxylic acids is 1. The fourth-order valence-corrected chi connectivity index (χ4v) is 3.34. The number of morpholine rings is 1. The van der Waals surface area contributed by atoms with Crippen molar-refractivity contribution in [2.45, 2.75) is 6.54 Å². The number of ether oxygens (including phenoxy) is 1. The van der Waals surface area contributed by atoms with Crippen LogP contribution in [0.3, 0.4) is 0 Å². The van der Waals surface area contributed by atoms with E-state index in [9.17, 15) is 9.90 Å². The zero-order valence-electron chi connectivity index (χ0n) is 14.1. The highest BCUT2D eigenvalue weighted by Crippen LogP contribution is 2.29. The van der Waals surface area contributed by atoms with Gasteiger partial charge in [0.05, 0.1) is 35.9 Å². The number of fused-ring (bicyclic) bond motifs is 1. The molecule has 134 valence electrons. The molecular formula is C19H18ClN3O3. The first kappa shape index (κ1) is 17.0. The van der Waals surface area contributed by atoms with Gasteiger partial charge in [-0.05, 0) is 24.3 Å². The summed E-state index contributed by atoms with van der Waals surface area (Å²) in [5, 5.41) is 10.3. The predicted octanol–water partition coefficient (Wildman–Crippen LogP) is 2.76. The van der Waals surface area contributed by atoms with Crippen LogP contribution in [-0.2, 0) is 11.3 Å². The Kier molecular flexibility index (Phi) is 4.63. The number of imidazole rings is 1. The van der Waals surface area contributed by atoms with Crippen molar-refractivity contribution in [1.29, 1.82) is 0 Å². The van der Waals surface area contributed by atoms with Gasteiger partial charge in [-0.3, -0.25) is 9.69 Å². The second-order valence-electron chi connectivity index (χ2n) is 6.19. The number of carbonyl (C=O) groups is 1. The van der Waals surface area contributed by atoms with Crippen molar-refractivity contribution in [3.8, 4) is 5.75 Å². The fourth-order valence-electron chi connectivity index (χ4n) is 3.17. The second kappa shape index (κ2) is 7.07. The van der Waals surface area contributed by atoms with Gasteiger partial charge < -0.3 is 14.2 Å². The van der Waals surface area contributed by atoms with Crippen LogP contribution in [0, 0.1) is 0 Å². The van der Waals surface area contributed by atoms with Crippen LogP contribution < -0.4 is 0 Å². The smallest absolute Gasteiger partial charge is 0.217 e. The first-order valence-electron chi connectivity index (χ1n) is 8.43. The number of hydrogen-bond acceptors (Lipinski definition) is 5. The highest BCUT2D eigenvalue weighted by Gasteiger charge is 2.23. The number of pyridine rings is 1. The number of phenolic OH excluding ortho intramolecular Hbond substituents is 1. The van der Waals surface area contributed by atoms with Crippen LogP contribution in [0.25, 0.3) is 5.52 Å². The molecule has 2 aromatic heterocycles. The summed E-state index contributed by atoms with van der Waals surface area (Å²) in [6.07, 6.45) is 1.90. The fraction of sp³-hybridized carbons (Fsp3) is 0.263. The third kappa shape index (κ3) is 3.07. The van der Waals surface area contributed by atoms with Gasteiger partial charge in [0, 0.05) is 19.3 Å². The quantitative estimate of drug-likeness (QED) is 0.714. The predicted molar refractivity (Wildman–Crippen MR) is 97.8 cm³/mol. The minimum absolute atomic E-state index is 0.146. The number of para-hydroxylation sites is 1. The number of rotatable bonds is 4. The number of phenols is 1. The summed E-state index contributed by atoms with van der Waals surface area (Å²) in [6.45, 7) is 3.69. The lowest BCUT2D eigenvalue weighted by Crippen LogP contribution is -2.36. The number of halogens is 1. The molecule has 1 fully saturated rings. The maximum Gasteiger partial charge on any atom is 0.217 e. The van der Waals surface area contributed by atoms with E-state index in [2.05, 4.69) is 9.88 Å². The number of aromatic hydroxyl groups is 1. The Labute approximate surface area is 155 Å². The van der Waals surface area contributed by atoms with Crippen molar-refractivity contribution >= 4 is 22.9 Å². The van der Waals surface area contributed by atoms with Crippen LogP contribution in [0.1, 0.15) is 21.9 Å². The van der Waals surface area contributed by atoms with E-state index < -0.39 is 0 Å². The molecule has 26 heavy (non-hydrogen) atoms. The van der Waals surface area contributed by atoms with Crippen LogP contribution in [0.4, 0.5) is 0 Å². The van der Waals surface area contributed by atoms with Gasteiger partial charge in [-0.2, -0.15) is 0 Å². The molecule has 6 nitrogen and oxygen atoms in total. The molecule has 0 aliphatic carbocycles. The molecule has 1 aliphatic rings. The molecule has 0 spiro atoms. The number of ketones is 1. The van der Waals surface area contributed by atoms with Crippen molar-refractivity contribution in [2.24, 2.45) is 0 Å². The van der Waals surface area contributed by atoms with Crippen molar-refractivity contribution in [1.82, 2.24) is 14.3 Å². The molecule has 3 heterocycles. The summed E-state index contributed by atoms with van der Waals surface area (Å²) in [6, 6.07) is 10.4. The van der Waals surface area contributed by atoms with E-state index in [4.69, 9.17) is 16.3 Å². The molecule has 0 unspecified atom stereocenters. The van der Waals surface area contributed by atoms with Crippen molar-refractivity contribution in [3.63, 3.8) is 0 Å². The van der Waals surface area contributed by atoms with Crippen LogP contribution in [0.2, 0.25) is 5.02 Å². The Morgan fingerprint density at radius 1 is 1.19 bits per heavy atom. The lowest BCUT2D eigenvalue weighted by Gasteiger charge is -2.25. The Morgan fingerprint density at radius 2 is 2.00 bits per heavy atom. The SMILES string of the molecule is O=C(c1cccc(Cl)c1O)c1nc(CN2CCOCC2)n2ccccc12. The Hall–Kier alpha value is -2.41. The van der Waals surface area contributed by atoms with E-state index in [0.717, 1.165) is 18.9 Å². The molecule has 3 aromatic rings. The Bertz CT molecular complexity index is 964. The highest BCUT2D eigenvalue weighted by atomic mass is 35.5. The van der Waals surface area contributed by atoms with E-state index in [1.807, 2.05) is 28.8 Å². The lowest BCUT2D eigenvalue weighted by molar-refractivity contribution is 0.0330. The molecule has 0 amide bonds. The standard InChI is InChI=1S/C19H18ClN3O3/c20-14-5-3-4-13(18(14)24)19(25)17-15-6-1-2-7-23(15)16(21-17)12-22-8-10-26-11-9-22/h1-7,24H,8-12H2. The molecule has 1 aliphatic heterocycles. The van der Waals surface area contributed by atoms with E-state index in [0.29, 0.717) is 31.0 Å². The van der Waals surface area contributed by atoms with Crippen LogP contribution in [0.5, 0.6) is 5.75 Å². The van der Waals surface area contributed by atoms with Gasteiger partial charge in [0.25, 0.3) is 0 Å². The molecule has 7 heteroatoms. The molecule has 0 atom stereocenters. The minimum Gasteiger partial charge on any atom is -0.506 e. The van der Waals surface area contributed by atoms with Crippen LogP contribution in [0.15, 0.2) is 42.6 Å². The van der Waals surface area contributed by atoms with Crippen LogP contribution >= 0.6 is 11.6 Å². The van der Waals surface area contributed by atoms with Gasteiger partial charge in [-0.15, -0.1) is 0 Å². The molecule has 0 bridgehead atoms. The summed E-state index contributed by atoms with van der Waals surface area (Å²) in [5.74, 6) is 0.222. The first-order valence-corrected chi connectivity index (χ1v) is 8.81. The van der Waals surface area contributed by atoms with E-state index in [1.165, 1.54) is 0 Å². The molecule has 0 saturated carbocycles. The molecule has 4 rings (SSSR count). The Balaban J connectivity index is 1.75. The van der Waals surface area contributed by atoms with Gasteiger partial charge >= 0.3 is 0 Å². The van der Waals surface area contributed by atoms with Gasteiger partial charge in [0.15, 0.2) is 0 Å². The molecule has 0 radical (unpaired) electrons. The van der Waals surface area contributed by atoms with Gasteiger partial charge in [0.1, 0.15) is 17.3 Å². The summed E-state index contributed by atoms with van der Waals surface area (Å²) >= 11 is 5.95. The first-order chi connectivity index (χ1) is 12.6. The number of hydrogen-bond donors (Lipinski definition) is 1. The van der Waals surface area contributed by atoms with Gasteiger partial charge in [-0.25, -0.2) is 4.98 Å². The molecule has 1 aromatic carbocycles. The second-order valence-corrected chi connectivity index (χ2v) is 6.59. The summed E-state index contributed by atoms with van der Waals surface area (Å²) in [7, 11) is 0. The largest absolute Gasteiger partial charge is 0.506 e. The molecule has 1 N–H and O–H groups in total. The third-order valence-electron chi connectivity index (χ3n) is 4.54. The van der Waals surface area contributed by atoms with Crippen LogP contribution in [-0.4, -0.2) is 51.5 Å². The normalized spacial score (nSPS) is 15.4. The number of nitrogens with zero attached hydrogens (tertiary/aromatic N) is 3. The monoisotopic (exact) mass is 371 g/mol. The van der Waals surface area contributed by atoms with Crippen molar-refractivity contribution in [2.75, 3.05) is 26.3 Å².